The number of hydrogen-bond donors (Lipinski definition) is 1. The zero-order valence-electron chi connectivity index (χ0n) is 6.94. The molecular weight excluding hydrogens is 263 g/mol. The Hall–Kier alpha value is -0.910. The molecule has 6 heteroatoms. The molecule has 2 N–H and O–H groups in total. The largest absolute Gasteiger partial charge is 0.573 e. The summed E-state index contributed by atoms with van der Waals surface area (Å²) >= 11 is 3.11. The molecule has 0 fully saturated rings. The van der Waals surface area contributed by atoms with Gasteiger partial charge >= 0.3 is 6.36 Å². The van der Waals surface area contributed by atoms with Crippen LogP contribution in [-0.2, 0) is 5.33 Å². The van der Waals surface area contributed by atoms with Gasteiger partial charge in [0.15, 0.2) is 5.75 Å². The Morgan fingerprint density at radius 2 is 2.00 bits per heavy atom. The highest BCUT2D eigenvalue weighted by atomic mass is 79.9. The Labute approximate surface area is 87.0 Å². The highest BCUT2D eigenvalue weighted by Gasteiger charge is 2.32. The average molecular weight is 270 g/mol. The van der Waals surface area contributed by atoms with Gasteiger partial charge in [-0.2, -0.15) is 0 Å². The number of nitrogens with two attached hydrogens (primary N) is 1. The second kappa shape index (κ2) is 4.08. The van der Waals surface area contributed by atoms with Crippen molar-refractivity contribution in [2.75, 3.05) is 5.73 Å². The predicted octanol–water partition coefficient (Wildman–Crippen LogP) is 3.06. The smallest absolute Gasteiger partial charge is 0.404 e. The van der Waals surface area contributed by atoms with Crippen molar-refractivity contribution >= 4 is 21.6 Å². The normalized spacial score (nSPS) is 11.4. The lowest BCUT2D eigenvalue weighted by atomic mass is 10.2. The molecule has 1 aromatic rings. The number of ether oxygens (including phenoxy) is 1. The molecule has 0 atom stereocenters. The van der Waals surface area contributed by atoms with E-state index in [-0.39, 0.29) is 11.4 Å². The fourth-order valence-electron chi connectivity index (χ4n) is 0.920. The van der Waals surface area contributed by atoms with Gasteiger partial charge in [0.05, 0.1) is 5.69 Å². The van der Waals surface area contributed by atoms with E-state index in [0.29, 0.717) is 10.9 Å². The van der Waals surface area contributed by atoms with Crippen LogP contribution in [0.15, 0.2) is 18.2 Å². The van der Waals surface area contributed by atoms with E-state index in [0.717, 1.165) is 0 Å². The van der Waals surface area contributed by atoms with E-state index in [9.17, 15) is 13.2 Å². The molecular formula is C8H7BrF3NO. The first kappa shape index (κ1) is 11.2. The molecule has 0 amide bonds. The molecule has 78 valence electrons. The first-order valence-corrected chi connectivity index (χ1v) is 4.75. The quantitative estimate of drug-likeness (QED) is 0.662. The van der Waals surface area contributed by atoms with Crippen molar-refractivity contribution in [3.63, 3.8) is 0 Å². The van der Waals surface area contributed by atoms with E-state index in [1.54, 1.807) is 6.07 Å². The Kier molecular flexibility index (Phi) is 3.25. The van der Waals surface area contributed by atoms with Gasteiger partial charge in [0.2, 0.25) is 0 Å². The molecule has 1 aromatic carbocycles. The van der Waals surface area contributed by atoms with Gasteiger partial charge in [-0.15, -0.1) is 13.2 Å². The maximum atomic E-state index is 11.9. The molecule has 0 spiro atoms. The number of rotatable bonds is 2. The third-order valence-corrected chi connectivity index (χ3v) is 2.13. The molecule has 14 heavy (non-hydrogen) atoms. The minimum Gasteiger partial charge on any atom is -0.404 e. The minimum absolute atomic E-state index is 0.00157. The fourth-order valence-corrected chi connectivity index (χ4v) is 1.41. The van der Waals surface area contributed by atoms with Crippen molar-refractivity contribution in [1.29, 1.82) is 0 Å². The third-order valence-electron chi connectivity index (χ3n) is 1.53. The van der Waals surface area contributed by atoms with E-state index in [1.807, 2.05) is 0 Å². The molecule has 0 aliphatic heterocycles. The Morgan fingerprint density at radius 1 is 1.36 bits per heavy atom. The average Bonchev–Trinajstić information content (AvgIpc) is 2.06. The van der Waals surface area contributed by atoms with Crippen LogP contribution in [-0.4, -0.2) is 6.36 Å². The molecule has 0 aromatic heterocycles. The molecule has 1 rings (SSSR count). The molecule has 0 radical (unpaired) electrons. The fraction of sp³-hybridized carbons (Fsp3) is 0.250. The molecule has 0 saturated heterocycles. The maximum absolute atomic E-state index is 11.9. The summed E-state index contributed by atoms with van der Waals surface area (Å²) in [5.41, 5.74) is 6.01. The number of anilines is 1. The number of alkyl halides is 4. The van der Waals surface area contributed by atoms with Crippen molar-refractivity contribution in [2.45, 2.75) is 11.7 Å². The summed E-state index contributed by atoms with van der Waals surface area (Å²) in [5, 5.41) is 0.383. The van der Waals surface area contributed by atoms with Crippen LogP contribution >= 0.6 is 15.9 Å². The van der Waals surface area contributed by atoms with Gasteiger partial charge in [0.25, 0.3) is 0 Å². The molecule has 0 unspecified atom stereocenters. The highest BCUT2D eigenvalue weighted by molar-refractivity contribution is 9.08. The summed E-state index contributed by atoms with van der Waals surface area (Å²) in [6.45, 7) is 0. The van der Waals surface area contributed by atoms with Crippen molar-refractivity contribution < 1.29 is 17.9 Å². The van der Waals surface area contributed by atoms with Crippen LogP contribution in [0.5, 0.6) is 5.75 Å². The summed E-state index contributed by atoms with van der Waals surface area (Å²) < 4.78 is 39.3. The zero-order chi connectivity index (χ0) is 10.8. The van der Waals surface area contributed by atoms with Gasteiger partial charge in [-0.25, -0.2) is 0 Å². The Bertz CT molecular complexity index is 327. The lowest BCUT2D eigenvalue weighted by Gasteiger charge is -2.12. The second-order valence-electron chi connectivity index (χ2n) is 2.51. The third kappa shape index (κ3) is 2.80. The molecule has 0 aliphatic rings. The van der Waals surface area contributed by atoms with Crippen LogP contribution in [0.1, 0.15) is 5.56 Å². The number of para-hydroxylation sites is 1. The number of hydrogen-bond acceptors (Lipinski definition) is 2. The van der Waals surface area contributed by atoms with Crippen molar-refractivity contribution in [2.24, 2.45) is 0 Å². The van der Waals surface area contributed by atoms with Crippen molar-refractivity contribution in [1.82, 2.24) is 0 Å². The monoisotopic (exact) mass is 269 g/mol. The van der Waals surface area contributed by atoms with Crippen LogP contribution in [0.2, 0.25) is 0 Å². The Balaban J connectivity index is 2.98. The molecule has 0 heterocycles. The van der Waals surface area contributed by atoms with E-state index in [4.69, 9.17) is 5.73 Å². The summed E-state index contributed by atoms with van der Waals surface area (Å²) in [5.74, 6) is -0.366. The molecule has 0 bridgehead atoms. The summed E-state index contributed by atoms with van der Waals surface area (Å²) in [4.78, 5) is 0. The van der Waals surface area contributed by atoms with E-state index in [2.05, 4.69) is 20.7 Å². The SMILES string of the molecule is Nc1c(CBr)cccc1OC(F)(F)F. The predicted molar refractivity (Wildman–Crippen MR) is 50.2 cm³/mol. The summed E-state index contributed by atoms with van der Waals surface area (Å²) in [6, 6.07) is 4.25. The van der Waals surface area contributed by atoms with Crippen LogP contribution in [0.25, 0.3) is 0 Å². The first-order valence-electron chi connectivity index (χ1n) is 3.63. The number of nitrogen functional groups attached to an aromatic ring is 1. The van der Waals surface area contributed by atoms with Crippen molar-refractivity contribution in [3.05, 3.63) is 23.8 Å². The van der Waals surface area contributed by atoms with Crippen LogP contribution in [0.4, 0.5) is 18.9 Å². The van der Waals surface area contributed by atoms with Gasteiger partial charge in [0, 0.05) is 5.33 Å². The summed E-state index contributed by atoms with van der Waals surface area (Å²) in [7, 11) is 0. The minimum atomic E-state index is -4.71. The van der Waals surface area contributed by atoms with Gasteiger partial charge in [-0.05, 0) is 11.6 Å². The van der Waals surface area contributed by atoms with Crippen LogP contribution < -0.4 is 10.5 Å². The second-order valence-corrected chi connectivity index (χ2v) is 3.07. The van der Waals surface area contributed by atoms with Crippen LogP contribution in [0.3, 0.4) is 0 Å². The topological polar surface area (TPSA) is 35.2 Å². The standard InChI is InChI=1S/C8H7BrF3NO/c9-4-5-2-1-3-6(7(5)13)14-8(10,11)12/h1-3H,4,13H2. The lowest BCUT2D eigenvalue weighted by Crippen LogP contribution is -2.18. The number of halogens is 4. The van der Waals surface area contributed by atoms with Crippen LogP contribution in [0, 0.1) is 0 Å². The van der Waals surface area contributed by atoms with E-state index in [1.165, 1.54) is 12.1 Å². The van der Waals surface area contributed by atoms with E-state index >= 15 is 0 Å². The molecule has 0 saturated carbocycles. The zero-order valence-corrected chi connectivity index (χ0v) is 8.52. The molecule has 0 aliphatic carbocycles. The van der Waals surface area contributed by atoms with Gasteiger partial charge in [-0.1, -0.05) is 28.1 Å². The Morgan fingerprint density at radius 3 is 2.50 bits per heavy atom. The first-order chi connectivity index (χ1) is 6.44. The van der Waals surface area contributed by atoms with Gasteiger partial charge in [-0.3, -0.25) is 0 Å². The highest BCUT2D eigenvalue weighted by Crippen LogP contribution is 2.31. The van der Waals surface area contributed by atoms with Crippen molar-refractivity contribution in [3.8, 4) is 5.75 Å². The molecule has 2 nitrogen and oxygen atoms in total. The lowest BCUT2D eigenvalue weighted by molar-refractivity contribution is -0.274. The maximum Gasteiger partial charge on any atom is 0.573 e. The summed E-state index contributed by atoms with van der Waals surface area (Å²) in [6.07, 6.45) is -4.71. The van der Waals surface area contributed by atoms with Gasteiger partial charge in [0.1, 0.15) is 0 Å². The van der Waals surface area contributed by atoms with E-state index < -0.39 is 6.36 Å². The van der Waals surface area contributed by atoms with Gasteiger partial charge < -0.3 is 10.5 Å². The number of benzene rings is 1.